The van der Waals surface area contributed by atoms with Gasteiger partial charge >= 0.3 is 0 Å². The maximum atomic E-state index is 4.67. The van der Waals surface area contributed by atoms with Crippen LogP contribution in [0.2, 0.25) is 0 Å². The first-order valence-corrected chi connectivity index (χ1v) is 7.58. The van der Waals surface area contributed by atoms with E-state index in [2.05, 4.69) is 26.3 Å². The number of fused-ring (bicyclic) bond motifs is 1. The fourth-order valence-electron chi connectivity index (χ4n) is 3.72. The maximum Gasteiger partial charge on any atom is 0.224 e. The highest BCUT2D eigenvalue weighted by molar-refractivity contribution is 5.46. The van der Waals surface area contributed by atoms with E-state index in [1.807, 2.05) is 14.0 Å². The zero-order chi connectivity index (χ0) is 13.2. The summed E-state index contributed by atoms with van der Waals surface area (Å²) in [6.07, 6.45) is 8.25. The molecule has 2 fully saturated rings. The van der Waals surface area contributed by atoms with Crippen LogP contribution in [-0.2, 0) is 0 Å². The molecule has 1 aliphatic carbocycles. The molecule has 1 aromatic rings. The second-order valence-electron chi connectivity index (χ2n) is 5.89. The lowest BCUT2D eigenvalue weighted by Crippen LogP contribution is -2.47. The van der Waals surface area contributed by atoms with Gasteiger partial charge in [0, 0.05) is 31.4 Å². The fourth-order valence-corrected chi connectivity index (χ4v) is 3.72. The van der Waals surface area contributed by atoms with Gasteiger partial charge in [-0.05, 0) is 38.5 Å². The van der Waals surface area contributed by atoms with Gasteiger partial charge in [-0.25, -0.2) is 4.98 Å². The SMILES string of the molecule is CNc1nc(C)cc(N2CCCC3CCCCC32)n1. The van der Waals surface area contributed by atoms with Crippen LogP contribution in [0.5, 0.6) is 0 Å². The molecule has 4 heteroatoms. The molecule has 1 saturated heterocycles. The first-order valence-electron chi connectivity index (χ1n) is 7.58. The Bertz CT molecular complexity index is 444. The van der Waals surface area contributed by atoms with Crippen LogP contribution in [0.15, 0.2) is 6.07 Å². The quantitative estimate of drug-likeness (QED) is 0.887. The molecule has 2 heterocycles. The third kappa shape index (κ3) is 2.53. The predicted octanol–water partition coefficient (Wildman–Crippen LogP) is 2.99. The molecular weight excluding hydrogens is 236 g/mol. The summed E-state index contributed by atoms with van der Waals surface area (Å²) >= 11 is 0. The highest BCUT2D eigenvalue weighted by atomic mass is 15.3. The van der Waals surface area contributed by atoms with E-state index in [1.54, 1.807) is 0 Å². The van der Waals surface area contributed by atoms with Crippen molar-refractivity contribution < 1.29 is 0 Å². The molecule has 0 aromatic carbocycles. The Morgan fingerprint density at radius 3 is 2.79 bits per heavy atom. The molecule has 0 amide bonds. The van der Waals surface area contributed by atoms with E-state index in [4.69, 9.17) is 0 Å². The number of aryl methyl sites for hydroxylation is 1. The van der Waals surface area contributed by atoms with E-state index in [0.29, 0.717) is 6.04 Å². The van der Waals surface area contributed by atoms with Gasteiger partial charge < -0.3 is 10.2 Å². The van der Waals surface area contributed by atoms with Crippen molar-refractivity contribution in [1.82, 2.24) is 9.97 Å². The van der Waals surface area contributed by atoms with E-state index < -0.39 is 0 Å². The van der Waals surface area contributed by atoms with Crippen LogP contribution >= 0.6 is 0 Å². The van der Waals surface area contributed by atoms with Crippen LogP contribution in [0.3, 0.4) is 0 Å². The van der Waals surface area contributed by atoms with Gasteiger partial charge in [-0.2, -0.15) is 4.98 Å². The summed E-state index contributed by atoms with van der Waals surface area (Å²) in [5, 5.41) is 3.07. The molecule has 0 spiro atoms. The molecule has 3 rings (SSSR count). The number of piperidine rings is 1. The van der Waals surface area contributed by atoms with Crippen molar-refractivity contribution in [3.63, 3.8) is 0 Å². The number of hydrogen-bond acceptors (Lipinski definition) is 4. The zero-order valence-corrected chi connectivity index (χ0v) is 12.0. The van der Waals surface area contributed by atoms with Gasteiger partial charge in [-0.15, -0.1) is 0 Å². The average molecular weight is 260 g/mol. The molecular formula is C15H24N4. The molecule has 2 aliphatic rings. The molecule has 0 bridgehead atoms. The van der Waals surface area contributed by atoms with Crippen LogP contribution in [-0.4, -0.2) is 29.6 Å². The molecule has 19 heavy (non-hydrogen) atoms. The van der Waals surface area contributed by atoms with E-state index >= 15 is 0 Å². The third-order valence-corrected chi connectivity index (χ3v) is 4.60. The van der Waals surface area contributed by atoms with Crippen LogP contribution < -0.4 is 10.2 Å². The monoisotopic (exact) mass is 260 g/mol. The van der Waals surface area contributed by atoms with E-state index in [1.165, 1.54) is 38.5 Å². The molecule has 1 saturated carbocycles. The highest BCUT2D eigenvalue weighted by Gasteiger charge is 2.34. The predicted molar refractivity (Wildman–Crippen MR) is 78.6 cm³/mol. The topological polar surface area (TPSA) is 41.1 Å². The normalized spacial score (nSPS) is 26.9. The summed E-state index contributed by atoms with van der Waals surface area (Å²) in [6, 6.07) is 2.85. The van der Waals surface area contributed by atoms with Gasteiger partial charge in [-0.3, -0.25) is 0 Å². The Morgan fingerprint density at radius 1 is 1.16 bits per heavy atom. The first-order chi connectivity index (χ1) is 9.28. The smallest absolute Gasteiger partial charge is 0.224 e. The number of aromatic nitrogens is 2. The van der Waals surface area contributed by atoms with Gasteiger partial charge in [0.15, 0.2) is 0 Å². The second kappa shape index (κ2) is 5.35. The van der Waals surface area contributed by atoms with Gasteiger partial charge in [0.25, 0.3) is 0 Å². The van der Waals surface area contributed by atoms with Crippen molar-refractivity contribution in [3.8, 4) is 0 Å². The minimum Gasteiger partial charge on any atom is -0.357 e. The molecule has 104 valence electrons. The van der Waals surface area contributed by atoms with Crippen molar-refractivity contribution >= 4 is 11.8 Å². The maximum absolute atomic E-state index is 4.67. The highest BCUT2D eigenvalue weighted by Crippen LogP contribution is 2.37. The Hall–Kier alpha value is -1.32. The molecule has 2 unspecified atom stereocenters. The van der Waals surface area contributed by atoms with Crippen molar-refractivity contribution in [2.45, 2.75) is 51.5 Å². The Kier molecular flexibility index (Phi) is 3.58. The first kappa shape index (κ1) is 12.7. The molecule has 4 nitrogen and oxygen atoms in total. The Morgan fingerprint density at radius 2 is 1.95 bits per heavy atom. The van der Waals surface area contributed by atoms with Gasteiger partial charge in [0.1, 0.15) is 5.82 Å². The molecule has 1 aliphatic heterocycles. The molecule has 0 radical (unpaired) electrons. The Labute approximate surface area is 115 Å². The second-order valence-corrected chi connectivity index (χ2v) is 5.89. The summed E-state index contributed by atoms with van der Waals surface area (Å²) in [4.78, 5) is 11.6. The minimum atomic E-state index is 0.710. The fraction of sp³-hybridized carbons (Fsp3) is 0.733. The zero-order valence-electron chi connectivity index (χ0n) is 12.0. The van der Waals surface area contributed by atoms with Crippen LogP contribution in [0.1, 0.15) is 44.2 Å². The van der Waals surface area contributed by atoms with Gasteiger partial charge in [0.05, 0.1) is 0 Å². The summed E-state index contributed by atoms with van der Waals surface area (Å²) in [7, 11) is 1.89. The van der Waals surface area contributed by atoms with E-state index in [-0.39, 0.29) is 0 Å². The lowest BCUT2D eigenvalue weighted by Gasteiger charge is -2.44. The van der Waals surface area contributed by atoms with Crippen LogP contribution in [0.4, 0.5) is 11.8 Å². The summed E-state index contributed by atoms with van der Waals surface area (Å²) in [5.41, 5.74) is 1.05. The number of nitrogens with zero attached hydrogens (tertiary/aromatic N) is 3. The average Bonchev–Trinajstić information content (AvgIpc) is 2.46. The van der Waals surface area contributed by atoms with Gasteiger partial charge in [-0.1, -0.05) is 12.8 Å². The Balaban J connectivity index is 1.89. The van der Waals surface area contributed by atoms with Crippen molar-refractivity contribution in [2.75, 3.05) is 23.8 Å². The van der Waals surface area contributed by atoms with Crippen molar-refractivity contribution in [2.24, 2.45) is 5.92 Å². The van der Waals surface area contributed by atoms with Crippen molar-refractivity contribution in [3.05, 3.63) is 11.8 Å². The standard InChI is InChI=1S/C15H24N4/c1-11-10-14(18-15(16-2)17-11)19-9-5-7-12-6-3-4-8-13(12)19/h10,12-13H,3-9H2,1-2H3,(H,16,17,18). The third-order valence-electron chi connectivity index (χ3n) is 4.60. The number of hydrogen-bond donors (Lipinski definition) is 1. The van der Waals surface area contributed by atoms with E-state index in [9.17, 15) is 0 Å². The lowest BCUT2D eigenvalue weighted by molar-refractivity contribution is 0.242. The van der Waals surface area contributed by atoms with E-state index in [0.717, 1.165) is 29.9 Å². The minimum absolute atomic E-state index is 0.710. The summed E-state index contributed by atoms with van der Waals surface area (Å²) in [5.74, 6) is 2.75. The van der Waals surface area contributed by atoms with Crippen LogP contribution in [0, 0.1) is 12.8 Å². The number of anilines is 2. The molecule has 1 N–H and O–H groups in total. The summed E-state index contributed by atoms with van der Waals surface area (Å²) in [6.45, 7) is 3.20. The van der Waals surface area contributed by atoms with Crippen LogP contribution in [0.25, 0.3) is 0 Å². The number of rotatable bonds is 2. The lowest BCUT2D eigenvalue weighted by atomic mass is 9.78. The molecule has 2 atom stereocenters. The summed E-state index contributed by atoms with van der Waals surface area (Å²) < 4.78 is 0. The molecule has 1 aromatic heterocycles. The van der Waals surface area contributed by atoms with Gasteiger partial charge in [0.2, 0.25) is 5.95 Å². The number of nitrogens with one attached hydrogen (secondary N) is 1. The largest absolute Gasteiger partial charge is 0.357 e. The van der Waals surface area contributed by atoms with Crippen molar-refractivity contribution in [1.29, 1.82) is 0 Å².